The van der Waals surface area contributed by atoms with E-state index in [9.17, 15) is 0 Å². The molecule has 0 saturated heterocycles. The zero-order valence-electron chi connectivity index (χ0n) is 46.0. The van der Waals surface area contributed by atoms with Gasteiger partial charge in [0.1, 0.15) is 0 Å². The Bertz CT molecular complexity index is 4020. The molecule has 14 rings (SSSR count). The second-order valence-electron chi connectivity index (χ2n) is 24.5. The third kappa shape index (κ3) is 6.97. The van der Waals surface area contributed by atoms with E-state index in [1.807, 2.05) is 0 Å². The van der Waals surface area contributed by atoms with Crippen molar-refractivity contribution >= 4 is 74.3 Å². The number of hydrogen-bond donors (Lipinski definition) is 0. The van der Waals surface area contributed by atoms with Gasteiger partial charge < -0.3 is 14.7 Å². The molecule has 0 amide bonds. The summed E-state index contributed by atoms with van der Waals surface area (Å²) in [6.45, 7) is 22.7. The molecular weight excluding hydrogens is 930 g/mol. The van der Waals surface area contributed by atoms with Crippen LogP contribution < -0.4 is 31.1 Å². The largest absolute Gasteiger partial charge is 0.311 e. The van der Waals surface area contributed by atoms with E-state index in [0.29, 0.717) is 0 Å². The van der Waals surface area contributed by atoms with E-state index < -0.39 is 5.41 Å². The predicted molar refractivity (Wildman–Crippen MR) is 328 cm³/mol. The zero-order valence-corrected chi connectivity index (χ0v) is 46.0. The van der Waals surface area contributed by atoms with Gasteiger partial charge in [0.05, 0.1) is 5.41 Å². The molecule has 4 aliphatic rings. The molecule has 0 bridgehead atoms. The van der Waals surface area contributed by atoms with Crippen LogP contribution in [0, 0.1) is 27.7 Å². The standard InChI is InChI=1S/C73H64BN3/c1-45-18-17-20-53(38-45)76-66-39-46(2)26-37-63(66)74-64-43-58-56-22-13-15-24-60(56)73(62(58)44-67(64)77(65-25-16-11-19-48(65)4)69-41-47(3)40-68(76)70(69)74)59-23-14-12-21-55(59)57-36-35-54(42-61(57)73)75(51-31-27-49(28-32-51)71(5,6)7)52-33-29-50(30-34-52)72(8,9)10/h11-44H,1-10H3. The first-order valence-corrected chi connectivity index (χ1v) is 27.6. The summed E-state index contributed by atoms with van der Waals surface area (Å²) in [5.41, 5.74) is 32.3. The predicted octanol–water partition coefficient (Wildman–Crippen LogP) is 17.4. The lowest BCUT2D eigenvalue weighted by atomic mass is 9.33. The minimum Gasteiger partial charge on any atom is -0.311 e. The molecule has 0 radical (unpaired) electrons. The molecule has 2 aliphatic heterocycles. The van der Waals surface area contributed by atoms with Crippen molar-refractivity contribution in [3.63, 3.8) is 0 Å². The topological polar surface area (TPSA) is 9.72 Å². The summed E-state index contributed by atoms with van der Waals surface area (Å²) >= 11 is 0. The van der Waals surface area contributed by atoms with Crippen molar-refractivity contribution in [3.8, 4) is 22.3 Å². The highest BCUT2D eigenvalue weighted by molar-refractivity contribution is 7.00. The molecule has 1 spiro atoms. The average Bonchev–Trinajstić information content (AvgIpc) is 4.09. The summed E-state index contributed by atoms with van der Waals surface area (Å²) in [4.78, 5) is 7.64. The first kappa shape index (κ1) is 47.1. The summed E-state index contributed by atoms with van der Waals surface area (Å²) in [5.74, 6) is 0. The third-order valence-electron chi connectivity index (χ3n) is 17.4. The third-order valence-corrected chi connectivity index (χ3v) is 17.4. The quantitative estimate of drug-likeness (QED) is 0.159. The van der Waals surface area contributed by atoms with Crippen LogP contribution in [0.5, 0.6) is 0 Å². The molecule has 0 N–H and O–H groups in total. The monoisotopic (exact) mass is 994 g/mol. The fourth-order valence-electron chi connectivity index (χ4n) is 13.8. The molecule has 2 aliphatic carbocycles. The molecular formula is C73H64BN3. The van der Waals surface area contributed by atoms with Crippen LogP contribution in [-0.4, -0.2) is 6.71 Å². The number of rotatable bonds is 5. The molecule has 2 heterocycles. The van der Waals surface area contributed by atoms with Crippen molar-refractivity contribution in [2.24, 2.45) is 0 Å². The summed E-state index contributed by atoms with van der Waals surface area (Å²) in [6.07, 6.45) is 0. The maximum atomic E-state index is 2.63. The number of benzene rings is 10. The van der Waals surface area contributed by atoms with Crippen LogP contribution in [-0.2, 0) is 16.2 Å². The van der Waals surface area contributed by atoms with Crippen LogP contribution in [0.2, 0.25) is 0 Å². The number of para-hydroxylation sites is 1. The van der Waals surface area contributed by atoms with Gasteiger partial charge in [0, 0.05) is 51.2 Å². The molecule has 1 unspecified atom stereocenters. The smallest absolute Gasteiger partial charge is 0.252 e. The molecule has 374 valence electrons. The lowest BCUT2D eigenvalue weighted by Crippen LogP contribution is -2.61. The van der Waals surface area contributed by atoms with Gasteiger partial charge in [-0.1, -0.05) is 169 Å². The van der Waals surface area contributed by atoms with Crippen molar-refractivity contribution in [1.82, 2.24) is 0 Å². The van der Waals surface area contributed by atoms with Gasteiger partial charge in [-0.15, -0.1) is 0 Å². The van der Waals surface area contributed by atoms with Gasteiger partial charge in [-0.2, -0.15) is 0 Å². The Labute approximate surface area is 456 Å². The van der Waals surface area contributed by atoms with Crippen LogP contribution in [0.3, 0.4) is 0 Å². The van der Waals surface area contributed by atoms with E-state index in [1.54, 1.807) is 0 Å². The summed E-state index contributed by atoms with van der Waals surface area (Å²) < 4.78 is 0. The Balaban J connectivity index is 1.05. The van der Waals surface area contributed by atoms with Gasteiger partial charge in [-0.25, -0.2) is 0 Å². The fraction of sp³-hybridized carbons (Fsp3) is 0.178. The first-order valence-electron chi connectivity index (χ1n) is 27.6. The van der Waals surface area contributed by atoms with Crippen LogP contribution in [0.25, 0.3) is 22.3 Å². The molecule has 77 heavy (non-hydrogen) atoms. The second-order valence-corrected chi connectivity index (χ2v) is 24.5. The normalized spacial score (nSPS) is 15.4. The number of nitrogens with zero attached hydrogens (tertiary/aromatic N) is 3. The van der Waals surface area contributed by atoms with E-state index in [1.165, 1.54) is 128 Å². The van der Waals surface area contributed by atoms with Gasteiger partial charge in [0.25, 0.3) is 6.71 Å². The molecule has 4 heteroatoms. The van der Waals surface area contributed by atoms with E-state index in [4.69, 9.17) is 0 Å². The van der Waals surface area contributed by atoms with Crippen molar-refractivity contribution in [1.29, 1.82) is 0 Å². The van der Waals surface area contributed by atoms with Gasteiger partial charge in [-0.05, 0) is 212 Å². The second kappa shape index (κ2) is 16.8. The molecule has 0 fully saturated rings. The van der Waals surface area contributed by atoms with Crippen molar-refractivity contribution < 1.29 is 0 Å². The summed E-state index contributed by atoms with van der Waals surface area (Å²) in [5, 5.41) is 0. The lowest BCUT2D eigenvalue weighted by molar-refractivity contribution is 0.590. The SMILES string of the molecule is Cc1cccc(N2c3cc(C)ccc3B3c4cc5c(cc4N(c4ccccc4C)c4cc(C)cc2c43)C2(c3ccccc3-c3ccc(N(c4ccc(C(C)(C)C)cc4)c4ccc(C(C)(C)C)cc4)cc32)c2ccccc2-5)c1. The Morgan fingerprint density at radius 3 is 1.53 bits per heavy atom. The maximum absolute atomic E-state index is 2.63. The summed E-state index contributed by atoms with van der Waals surface area (Å²) in [7, 11) is 0. The number of aryl methyl sites for hydroxylation is 4. The molecule has 0 aromatic heterocycles. The van der Waals surface area contributed by atoms with Crippen LogP contribution >= 0.6 is 0 Å². The van der Waals surface area contributed by atoms with E-state index in [2.05, 4.69) is 290 Å². The van der Waals surface area contributed by atoms with Crippen LogP contribution in [0.15, 0.2) is 206 Å². The highest BCUT2D eigenvalue weighted by Gasteiger charge is 2.54. The van der Waals surface area contributed by atoms with Gasteiger partial charge in [0.2, 0.25) is 0 Å². The van der Waals surface area contributed by atoms with Crippen LogP contribution in [0.1, 0.15) is 97.2 Å². The molecule has 10 aromatic carbocycles. The van der Waals surface area contributed by atoms with Gasteiger partial charge in [0.15, 0.2) is 0 Å². The number of fused-ring (bicyclic) bond motifs is 14. The minimum absolute atomic E-state index is 0.0146. The first-order chi connectivity index (χ1) is 37.1. The minimum atomic E-state index is -0.611. The molecule has 0 saturated carbocycles. The van der Waals surface area contributed by atoms with Crippen molar-refractivity contribution in [2.45, 2.75) is 85.5 Å². The Morgan fingerprint density at radius 1 is 0.364 bits per heavy atom. The Morgan fingerprint density at radius 2 is 0.896 bits per heavy atom. The average molecular weight is 994 g/mol. The van der Waals surface area contributed by atoms with Gasteiger partial charge >= 0.3 is 0 Å². The van der Waals surface area contributed by atoms with E-state index in [-0.39, 0.29) is 17.5 Å². The lowest BCUT2D eigenvalue weighted by Gasteiger charge is -2.45. The van der Waals surface area contributed by atoms with Crippen molar-refractivity contribution in [2.75, 3.05) is 14.7 Å². The molecule has 10 aromatic rings. The zero-order chi connectivity index (χ0) is 52.9. The highest BCUT2D eigenvalue weighted by atomic mass is 15.2. The number of hydrogen-bond acceptors (Lipinski definition) is 3. The van der Waals surface area contributed by atoms with E-state index in [0.717, 1.165) is 17.1 Å². The summed E-state index contributed by atoms with van der Waals surface area (Å²) in [6, 6.07) is 79.8. The highest BCUT2D eigenvalue weighted by Crippen LogP contribution is 2.64. The maximum Gasteiger partial charge on any atom is 0.252 e. The molecule has 3 nitrogen and oxygen atoms in total. The van der Waals surface area contributed by atoms with E-state index >= 15 is 0 Å². The van der Waals surface area contributed by atoms with Crippen molar-refractivity contribution in [3.05, 3.63) is 262 Å². The van der Waals surface area contributed by atoms with Crippen LogP contribution in [0.4, 0.5) is 51.2 Å². The Kier molecular flexibility index (Phi) is 10.3. The van der Waals surface area contributed by atoms with Gasteiger partial charge in [-0.3, -0.25) is 0 Å². The fourth-order valence-corrected chi connectivity index (χ4v) is 13.8. The molecule has 1 atom stereocenters. The number of anilines is 9. The Hall–Kier alpha value is -8.34.